The quantitative estimate of drug-likeness (QED) is 0.791. The molecule has 2 aromatic rings. The van der Waals surface area contributed by atoms with Crippen LogP contribution < -0.4 is 10.3 Å². The fourth-order valence-electron chi connectivity index (χ4n) is 1.88. The maximum absolute atomic E-state index is 12.2. The monoisotopic (exact) mass is 384 g/mol. The van der Waals surface area contributed by atoms with Crippen molar-refractivity contribution in [3.05, 3.63) is 55.4 Å². The molecular weight excluding hydrogens is 368 g/mol. The van der Waals surface area contributed by atoms with Gasteiger partial charge in [-0.3, -0.25) is 4.79 Å². The van der Waals surface area contributed by atoms with E-state index in [9.17, 15) is 4.79 Å². The Hall–Kier alpha value is -1.33. The predicted octanol–water partition coefficient (Wildman–Crippen LogP) is 4.30. The van der Waals surface area contributed by atoms with E-state index in [2.05, 4.69) is 21.0 Å². The Bertz CT molecular complexity index is 751. The fraction of sp³-hybridized carbons (Fsp3) is 0.375. The molecule has 118 valence electrons. The van der Waals surface area contributed by atoms with Crippen LogP contribution in [-0.2, 0) is 12.1 Å². The molecule has 22 heavy (non-hydrogen) atoms. The van der Waals surface area contributed by atoms with Crippen molar-refractivity contribution in [3.8, 4) is 5.75 Å². The van der Waals surface area contributed by atoms with Gasteiger partial charge in [-0.25, -0.2) is 4.68 Å². The lowest BCUT2D eigenvalue weighted by Crippen LogP contribution is -2.36. The second-order valence-electron chi connectivity index (χ2n) is 6.08. The van der Waals surface area contributed by atoms with Crippen molar-refractivity contribution < 1.29 is 4.74 Å². The Morgan fingerprint density at radius 2 is 2.05 bits per heavy atom. The third kappa shape index (κ3) is 3.70. The first kappa shape index (κ1) is 17.0. The van der Waals surface area contributed by atoms with Gasteiger partial charge < -0.3 is 4.74 Å². The Morgan fingerprint density at radius 3 is 2.64 bits per heavy atom. The molecule has 1 aromatic heterocycles. The van der Waals surface area contributed by atoms with Crippen molar-refractivity contribution in [1.29, 1.82) is 0 Å². The van der Waals surface area contributed by atoms with E-state index < -0.39 is 5.54 Å². The average molecular weight is 386 g/mol. The summed E-state index contributed by atoms with van der Waals surface area (Å²) in [6.07, 6.45) is 1.48. The Labute approximate surface area is 143 Å². The molecule has 0 bridgehead atoms. The van der Waals surface area contributed by atoms with Gasteiger partial charge in [0, 0.05) is 4.47 Å². The van der Waals surface area contributed by atoms with Crippen LogP contribution in [0.3, 0.4) is 0 Å². The number of nitrogens with zero attached hydrogens (tertiary/aromatic N) is 2. The van der Waals surface area contributed by atoms with E-state index >= 15 is 0 Å². The maximum atomic E-state index is 12.2. The number of aryl methyl sites for hydroxylation is 1. The third-order valence-corrected chi connectivity index (χ3v) is 4.36. The molecule has 0 aliphatic rings. The van der Waals surface area contributed by atoms with Gasteiger partial charge in [-0.2, -0.15) is 5.10 Å². The summed E-state index contributed by atoms with van der Waals surface area (Å²) in [6.45, 7) is 8.01. The van der Waals surface area contributed by atoms with Crippen LogP contribution in [0.4, 0.5) is 0 Å². The number of halogens is 2. The summed E-state index contributed by atoms with van der Waals surface area (Å²) >= 11 is 9.60. The van der Waals surface area contributed by atoms with Crippen molar-refractivity contribution in [2.75, 3.05) is 0 Å². The van der Waals surface area contributed by atoms with Crippen LogP contribution in [0.5, 0.6) is 5.75 Å². The van der Waals surface area contributed by atoms with Gasteiger partial charge in [0.2, 0.25) is 0 Å². The van der Waals surface area contributed by atoms with Crippen LogP contribution in [0.25, 0.3) is 0 Å². The molecule has 0 N–H and O–H groups in total. The van der Waals surface area contributed by atoms with Crippen molar-refractivity contribution in [1.82, 2.24) is 9.78 Å². The van der Waals surface area contributed by atoms with E-state index in [-0.39, 0.29) is 10.6 Å². The van der Waals surface area contributed by atoms with Gasteiger partial charge in [0.1, 0.15) is 6.61 Å². The summed E-state index contributed by atoms with van der Waals surface area (Å²) in [7, 11) is 0. The lowest BCUT2D eigenvalue weighted by Gasteiger charge is -2.21. The first-order valence-electron chi connectivity index (χ1n) is 6.86. The number of aromatic nitrogens is 2. The largest absolute Gasteiger partial charge is 0.485 e. The van der Waals surface area contributed by atoms with Gasteiger partial charge in [0.25, 0.3) is 5.56 Å². The summed E-state index contributed by atoms with van der Waals surface area (Å²) < 4.78 is 8.00. The Morgan fingerprint density at radius 1 is 1.36 bits per heavy atom. The minimum Gasteiger partial charge on any atom is -0.485 e. The molecule has 1 heterocycles. The molecule has 0 spiro atoms. The molecule has 6 heteroatoms. The van der Waals surface area contributed by atoms with Crippen molar-refractivity contribution in [3.63, 3.8) is 0 Å². The summed E-state index contributed by atoms with van der Waals surface area (Å²) in [6, 6.07) is 5.95. The topological polar surface area (TPSA) is 44.1 Å². The van der Waals surface area contributed by atoms with Crippen LogP contribution >= 0.6 is 27.5 Å². The first-order chi connectivity index (χ1) is 10.2. The lowest BCUT2D eigenvalue weighted by molar-refractivity contribution is 0.292. The van der Waals surface area contributed by atoms with Gasteiger partial charge in [-0.1, -0.05) is 39.7 Å². The third-order valence-electron chi connectivity index (χ3n) is 3.15. The second-order valence-corrected chi connectivity index (χ2v) is 7.32. The Kier molecular flexibility index (Phi) is 4.97. The molecule has 0 saturated heterocycles. The predicted molar refractivity (Wildman–Crippen MR) is 91.7 cm³/mol. The first-order valence-corrected chi connectivity index (χ1v) is 8.03. The molecule has 0 radical (unpaired) electrons. The molecule has 1 aromatic carbocycles. The number of hydrogen-bond donors (Lipinski definition) is 0. The zero-order valence-electron chi connectivity index (χ0n) is 13.0. The van der Waals surface area contributed by atoms with Gasteiger partial charge in [0.15, 0.2) is 10.8 Å². The van der Waals surface area contributed by atoms with E-state index in [1.165, 1.54) is 10.9 Å². The summed E-state index contributed by atoms with van der Waals surface area (Å²) in [4.78, 5) is 12.2. The summed E-state index contributed by atoms with van der Waals surface area (Å²) in [5.41, 5.74) is 1.35. The van der Waals surface area contributed by atoms with E-state index in [1.54, 1.807) is 0 Å². The van der Waals surface area contributed by atoms with Crippen LogP contribution in [0.15, 0.2) is 33.7 Å². The minimum absolute atomic E-state index is 0.0519. The SMILES string of the molecule is Cc1ccc(COc2cnn(C(C)(C)C)c(=O)c2Cl)cc1Br. The summed E-state index contributed by atoms with van der Waals surface area (Å²) in [5, 5.41) is 4.19. The smallest absolute Gasteiger partial charge is 0.289 e. The number of hydrogen-bond acceptors (Lipinski definition) is 3. The highest BCUT2D eigenvalue weighted by Gasteiger charge is 2.19. The highest BCUT2D eigenvalue weighted by atomic mass is 79.9. The van der Waals surface area contributed by atoms with Crippen LogP contribution in [0.2, 0.25) is 5.02 Å². The van der Waals surface area contributed by atoms with Gasteiger partial charge in [-0.15, -0.1) is 0 Å². The van der Waals surface area contributed by atoms with E-state index in [0.29, 0.717) is 12.4 Å². The molecular formula is C16H18BrClN2O2. The van der Waals surface area contributed by atoms with E-state index in [1.807, 2.05) is 45.9 Å². The molecule has 0 aliphatic carbocycles. The van der Waals surface area contributed by atoms with Crippen LogP contribution in [0, 0.1) is 6.92 Å². The van der Waals surface area contributed by atoms with Crippen molar-refractivity contribution in [2.24, 2.45) is 0 Å². The van der Waals surface area contributed by atoms with E-state index in [0.717, 1.165) is 15.6 Å². The van der Waals surface area contributed by atoms with Crippen molar-refractivity contribution >= 4 is 27.5 Å². The van der Waals surface area contributed by atoms with E-state index in [4.69, 9.17) is 16.3 Å². The number of benzene rings is 1. The standard InChI is InChI=1S/C16H18BrClN2O2/c1-10-5-6-11(7-12(10)17)9-22-13-8-19-20(16(2,3)4)15(21)14(13)18/h5-8H,9H2,1-4H3. The van der Waals surface area contributed by atoms with Crippen LogP contribution in [-0.4, -0.2) is 9.78 Å². The maximum Gasteiger partial charge on any atom is 0.289 e. The molecule has 0 aliphatic heterocycles. The average Bonchev–Trinajstić information content (AvgIpc) is 2.42. The molecule has 4 nitrogen and oxygen atoms in total. The lowest BCUT2D eigenvalue weighted by atomic mass is 10.1. The zero-order chi connectivity index (χ0) is 16.5. The molecule has 0 saturated carbocycles. The number of ether oxygens (including phenoxy) is 1. The van der Waals surface area contributed by atoms with Crippen LogP contribution in [0.1, 0.15) is 31.9 Å². The van der Waals surface area contributed by atoms with Gasteiger partial charge in [-0.05, 0) is 44.9 Å². The normalized spacial score (nSPS) is 11.5. The molecule has 0 atom stereocenters. The van der Waals surface area contributed by atoms with Gasteiger partial charge in [0.05, 0.1) is 11.7 Å². The molecule has 0 fully saturated rings. The number of rotatable bonds is 3. The van der Waals surface area contributed by atoms with Crippen molar-refractivity contribution in [2.45, 2.75) is 39.8 Å². The molecule has 2 rings (SSSR count). The molecule has 0 amide bonds. The fourth-order valence-corrected chi connectivity index (χ4v) is 2.49. The summed E-state index contributed by atoms with van der Waals surface area (Å²) in [5.74, 6) is 0.295. The second kappa shape index (κ2) is 6.42. The zero-order valence-corrected chi connectivity index (χ0v) is 15.3. The minimum atomic E-state index is -0.429. The van der Waals surface area contributed by atoms with Gasteiger partial charge >= 0.3 is 0 Å². The molecule has 0 unspecified atom stereocenters. The highest BCUT2D eigenvalue weighted by Crippen LogP contribution is 2.23. The highest BCUT2D eigenvalue weighted by molar-refractivity contribution is 9.10. The Balaban J connectivity index is 2.22.